The zero-order chi connectivity index (χ0) is 5.84. The van der Waals surface area contributed by atoms with Crippen LogP contribution in [-0.2, 0) is 0 Å². The quantitative estimate of drug-likeness (QED) is 0.509. The van der Waals surface area contributed by atoms with Gasteiger partial charge in [0.25, 0.3) is 0 Å². The molecule has 1 fully saturated rings. The predicted molar refractivity (Wildman–Crippen MR) is 32.1 cm³/mol. The van der Waals surface area contributed by atoms with E-state index in [9.17, 15) is 0 Å². The normalized spacial score (nSPS) is 34.2. The van der Waals surface area contributed by atoms with Crippen LogP contribution >= 0.6 is 0 Å². The lowest BCUT2D eigenvalue weighted by atomic mass is 10.0. The Morgan fingerprint density at radius 3 is 2.22 bits per heavy atom. The molecule has 0 amide bonds. The van der Waals surface area contributed by atoms with Crippen LogP contribution in [0.5, 0.6) is 0 Å². The van der Waals surface area contributed by atoms with E-state index < -0.39 is 0 Å². The Morgan fingerprint density at radius 1 is 1.11 bits per heavy atom. The van der Waals surface area contributed by atoms with Crippen molar-refractivity contribution in [1.82, 2.24) is 9.97 Å². The highest BCUT2D eigenvalue weighted by Crippen LogP contribution is 2.63. The average molecular weight is 118 g/mol. The van der Waals surface area contributed by atoms with Gasteiger partial charge in [0.2, 0.25) is 0 Å². The maximum absolute atomic E-state index is 4.23. The Morgan fingerprint density at radius 2 is 1.67 bits per heavy atom. The van der Waals surface area contributed by atoms with E-state index in [0.29, 0.717) is 0 Å². The van der Waals surface area contributed by atoms with Crippen molar-refractivity contribution in [2.75, 3.05) is 0 Å². The SMILES string of the molecule is c1cnc2c(n1)C1CC21. The summed E-state index contributed by atoms with van der Waals surface area (Å²) < 4.78 is 0. The van der Waals surface area contributed by atoms with Crippen molar-refractivity contribution in [3.63, 3.8) is 0 Å². The first-order valence-electron chi connectivity index (χ1n) is 3.27. The molecule has 0 N–H and O–H groups in total. The van der Waals surface area contributed by atoms with E-state index in [-0.39, 0.29) is 0 Å². The van der Waals surface area contributed by atoms with E-state index >= 15 is 0 Å². The first kappa shape index (κ1) is 3.99. The Balaban J connectivity index is 2.31. The minimum absolute atomic E-state index is 0.814. The minimum Gasteiger partial charge on any atom is -0.257 e. The highest BCUT2D eigenvalue weighted by molar-refractivity contribution is 5.43. The first-order valence-corrected chi connectivity index (χ1v) is 3.27. The summed E-state index contributed by atoms with van der Waals surface area (Å²) in [6.45, 7) is 0. The van der Waals surface area contributed by atoms with E-state index in [4.69, 9.17) is 0 Å². The molecule has 1 aromatic heterocycles. The summed E-state index contributed by atoms with van der Waals surface area (Å²) >= 11 is 0. The van der Waals surface area contributed by atoms with Crippen molar-refractivity contribution in [3.05, 3.63) is 23.8 Å². The van der Waals surface area contributed by atoms with Gasteiger partial charge in [-0.15, -0.1) is 0 Å². The Hall–Kier alpha value is -0.920. The fourth-order valence-corrected chi connectivity index (χ4v) is 1.63. The van der Waals surface area contributed by atoms with Crippen LogP contribution in [0.25, 0.3) is 0 Å². The Bertz CT molecular complexity index is 242. The molecule has 2 aliphatic carbocycles. The van der Waals surface area contributed by atoms with Crippen LogP contribution in [0.2, 0.25) is 0 Å². The van der Waals surface area contributed by atoms with Gasteiger partial charge < -0.3 is 0 Å². The summed E-state index contributed by atoms with van der Waals surface area (Å²) in [6, 6.07) is 0. The van der Waals surface area contributed by atoms with Crippen molar-refractivity contribution < 1.29 is 0 Å². The molecule has 0 aromatic carbocycles. The third-order valence-electron chi connectivity index (χ3n) is 2.25. The molecule has 2 unspecified atom stereocenters. The van der Waals surface area contributed by atoms with Gasteiger partial charge in [0, 0.05) is 24.2 Å². The molecular weight excluding hydrogens is 112 g/mol. The summed E-state index contributed by atoms with van der Waals surface area (Å²) in [7, 11) is 0. The minimum atomic E-state index is 0.814. The zero-order valence-electron chi connectivity index (χ0n) is 4.91. The molecular formula is C7H6N2. The van der Waals surface area contributed by atoms with Gasteiger partial charge in [0.05, 0.1) is 11.4 Å². The van der Waals surface area contributed by atoms with Crippen LogP contribution in [0.1, 0.15) is 29.6 Å². The number of fused-ring (bicyclic) bond motifs is 4. The molecule has 1 aromatic rings. The Kier molecular flexibility index (Phi) is 0.448. The summed E-state index contributed by atoms with van der Waals surface area (Å²) in [6.07, 6.45) is 4.89. The molecule has 44 valence electrons. The number of aromatic nitrogens is 2. The molecule has 2 heteroatoms. The van der Waals surface area contributed by atoms with Crippen LogP contribution < -0.4 is 0 Å². The maximum atomic E-state index is 4.23. The van der Waals surface area contributed by atoms with Gasteiger partial charge in [-0.3, -0.25) is 9.97 Å². The van der Waals surface area contributed by atoms with Crippen LogP contribution in [-0.4, -0.2) is 9.97 Å². The van der Waals surface area contributed by atoms with Gasteiger partial charge in [-0.05, 0) is 6.42 Å². The van der Waals surface area contributed by atoms with Crippen LogP contribution in [0, 0.1) is 0 Å². The molecule has 0 radical (unpaired) electrons. The fourth-order valence-electron chi connectivity index (χ4n) is 1.63. The van der Waals surface area contributed by atoms with Gasteiger partial charge in [-0.25, -0.2) is 0 Å². The van der Waals surface area contributed by atoms with Gasteiger partial charge in [-0.2, -0.15) is 0 Å². The number of hydrogen-bond donors (Lipinski definition) is 0. The monoisotopic (exact) mass is 118 g/mol. The van der Waals surface area contributed by atoms with Crippen molar-refractivity contribution >= 4 is 0 Å². The summed E-state index contributed by atoms with van der Waals surface area (Å²) in [5.74, 6) is 1.63. The second kappa shape index (κ2) is 1.01. The van der Waals surface area contributed by atoms with E-state index in [1.54, 1.807) is 12.4 Å². The fraction of sp³-hybridized carbons (Fsp3) is 0.429. The molecule has 0 saturated heterocycles. The molecule has 0 aliphatic heterocycles. The topological polar surface area (TPSA) is 25.8 Å². The van der Waals surface area contributed by atoms with E-state index in [1.807, 2.05) is 0 Å². The second-order valence-electron chi connectivity index (χ2n) is 2.78. The zero-order valence-corrected chi connectivity index (χ0v) is 4.91. The molecule has 2 nitrogen and oxygen atoms in total. The largest absolute Gasteiger partial charge is 0.257 e. The van der Waals surface area contributed by atoms with Crippen molar-refractivity contribution in [3.8, 4) is 0 Å². The predicted octanol–water partition coefficient (Wildman–Crippen LogP) is 1.06. The molecule has 1 saturated carbocycles. The molecule has 2 atom stereocenters. The number of nitrogens with zero attached hydrogens (tertiary/aromatic N) is 2. The van der Waals surface area contributed by atoms with Crippen LogP contribution in [0.4, 0.5) is 0 Å². The maximum Gasteiger partial charge on any atom is 0.0659 e. The highest BCUT2D eigenvalue weighted by Gasteiger charge is 2.53. The number of hydrogen-bond acceptors (Lipinski definition) is 2. The highest BCUT2D eigenvalue weighted by atomic mass is 14.9. The van der Waals surface area contributed by atoms with Crippen molar-refractivity contribution in [2.45, 2.75) is 18.3 Å². The standard InChI is InChI=1S/C7H6N2/c1-2-9-7-5-3-4(5)6(7)8-1/h1-2,4-5H,3H2. The average Bonchev–Trinajstić information content (AvgIpc) is 2.58. The summed E-state index contributed by atoms with van der Waals surface area (Å²) in [5, 5.41) is 0. The van der Waals surface area contributed by atoms with Crippen molar-refractivity contribution in [1.29, 1.82) is 0 Å². The lowest BCUT2D eigenvalue weighted by Gasteiger charge is -2.12. The Labute approximate surface area is 53.0 Å². The van der Waals surface area contributed by atoms with Crippen LogP contribution in [0.15, 0.2) is 12.4 Å². The van der Waals surface area contributed by atoms with Crippen molar-refractivity contribution in [2.24, 2.45) is 0 Å². The molecule has 2 aliphatic rings. The van der Waals surface area contributed by atoms with Gasteiger partial charge in [0.1, 0.15) is 0 Å². The number of rotatable bonds is 0. The van der Waals surface area contributed by atoms with E-state index in [1.165, 1.54) is 17.8 Å². The summed E-state index contributed by atoms with van der Waals surface area (Å²) in [4.78, 5) is 8.45. The molecule has 1 heterocycles. The third-order valence-corrected chi connectivity index (χ3v) is 2.25. The molecule has 0 spiro atoms. The van der Waals surface area contributed by atoms with Gasteiger partial charge in [0.15, 0.2) is 0 Å². The third kappa shape index (κ3) is 0.315. The lowest BCUT2D eigenvalue weighted by molar-refractivity contribution is 0.789. The van der Waals surface area contributed by atoms with E-state index in [2.05, 4.69) is 9.97 Å². The lowest BCUT2D eigenvalue weighted by Crippen LogP contribution is -2.06. The molecule has 3 rings (SSSR count). The second-order valence-corrected chi connectivity index (χ2v) is 2.78. The summed E-state index contributed by atoms with van der Waals surface area (Å²) in [5.41, 5.74) is 2.53. The first-order chi connectivity index (χ1) is 4.47. The molecule has 9 heavy (non-hydrogen) atoms. The smallest absolute Gasteiger partial charge is 0.0659 e. The van der Waals surface area contributed by atoms with Gasteiger partial charge >= 0.3 is 0 Å². The van der Waals surface area contributed by atoms with Crippen LogP contribution in [0.3, 0.4) is 0 Å². The molecule has 0 bridgehead atoms. The van der Waals surface area contributed by atoms with E-state index in [0.717, 1.165) is 11.8 Å². The van der Waals surface area contributed by atoms with Gasteiger partial charge in [-0.1, -0.05) is 0 Å².